The van der Waals surface area contributed by atoms with E-state index in [1.807, 2.05) is 54.3 Å². The fraction of sp³-hybridized carbons (Fsp3) is 0.440. The van der Waals surface area contributed by atoms with Gasteiger partial charge in [0.05, 0.1) is 18.0 Å². The summed E-state index contributed by atoms with van der Waals surface area (Å²) in [5, 5.41) is 7.38. The molecule has 0 saturated carbocycles. The van der Waals surface area contributed by atoms with Crippen molar-refractivity contribution in [3.05, 3.63) is 69.7 Å². The van der Waals surface area contributed by atoms with Gasteiger partial charge in [-0.3, -0.25) is 9.59 Å². The Morgan fingerprint density at radius 1 is 1.23 bits per heavy atom. The van der Waals surface area contributed by atoms with Crippen molar-refractivity contribution in [2.45, 2.75) is 50.7 Å². The summed E-state index contributed by atoms with van der Waals surface area (Å²) in [6.45, 7) is 3.61. The molecule has 0 bridgehead atoms. The lowest BCUT2D eigenvalue weighted by Gasteiger charge is -2.49. The Morgan fingerprint density at radius 3 is 2.84 bits per heavy atom. The number of rotatable bonds is 3. The first-order valence-corrected chi connectivity index (χ1v) is 11.6. The van der Waals surface area contributed by atoms with Crippen LogP contribution in [0.3, 0.4) is 0 Å². The molecule has 0 spiro atoms. The Kier molecular flexibility index (Phi) is 5.49. The Bertz CT molecular complexity index is 1010. The van der Waals surface area contributed by atoms with E-state index in [0.29, 0.717) is 23.6 Å². The first-order valence-electron chi connectivity index (χ1n) is 11.3. The molecule has 2 aromatic rings. The maximum absolute atomic E-state index is 13.4. The predicted octanol–water partition coefficient (Wildman–Crippen LogP) is 4.03. The van der Waals surface area contributed by atoms with Gasteiger partial charge in [0, 0.05) is 23.2 Å². The molecule has 0 aliphatic carbocycles. The summed E-state index contributed by atoms with van der Waals surface area (Å²) in [7, 11) is 0. The lowest BCUT2D eigenvalue weighted by molar-refractivity contribution is -0.145. The number of nitrogens with one attached hydrogen (secondary N) is 2. The summed E-state index contributed by atoms with van der Waals surface area (Å²) in [6.07, 6.45) is 3.51. The summed E-state index contributed by atoms with van der Waals surface area (Å²) < 4.78 is 0. The molecule has 5 rings (SSSR count). The minimum absolute atomic E-state index is 0.0566. The van der Waals surface area contributed by atoms with E-state index in [2.05, 4.69) is 10.6 Å². The van der Waals surface area contributed by atoms with Gasteiger partial charge in [-0.15, -0.1) is 0 Å². The van der Waals surface area contributed by atoms with Crippen molar-refractivity contribution in [3.8, 4) is 0 Å². The molecule has 0 radical (unpaired) electrons. The van der Waals surface area contributed by atoms with Crippen LogP contribution in [0.25, 0.3) is 0 Å². The molecule has 2 amide bonds. The average molecular weight is 438 g/mol. The van der Waals surface area contributed by atoms with Crippen LogP contribution in [-0.4, -0.2) is 35.8 Å². The van der Waals surface area contributed by atoms with Gasteiger partial charge >= 0.3 is 0 Å². The molecule has 3 heterocycles. The van der Waals surface area contributed by atoms with E-state index >= 15 is 0 Å². The SMILES string of the molecule is C[C@@H](NC(=O)c1ccc(Cl)c2c1[C@H]1C[C@@H]3NCCC[C@@H]3C(=O)N1CC2)c1ccccc1. The molecule has 31 heavy (non-hydrogen) atoms. The number of carbonyl (C=O) groups is 2. The zero-order valence-corrected chi connectivity index (χ0v) is 18.5. The van der Waals surface area contributed by atoms with Gasteiger partial charge in [-0.1, -0.05) is 41.9 Å². The molecule has 4 atom stereocenters. The van der Waals surface area contributed by atoms with Gasteiger partial charge < -0.3 is 15.5 Å². The Balaban J connectivity index is 1.49. The largest absolute Gasteiger partial charge is 0.346 e. The summed E-state index contributed by atoms with van der Waals surface area (Å²) >= 11 is 6.57. The maximum atomic E-state index is 13.4. The van der Waals surface area contributed by atoms with Crippen molar-refractivity contribution in [1.29, 1.82) is 0 Å². The molecular formula is C25H28ClN3O2. The van der Waals surface area contributed by atoms with Gasteiger partial charge in [-0.25, -0.2) is 0 Å². The highest BCUT2D eigenvalue weighted by Gasteiger charge is 2.46. The second-order valence-corrected chi connectivity index (χ2v) is 9.34. The number of hydrogen-bond donors (Lipinski definition) is 2. The minimum atomic E-state index is -0.114. The Labute approximate surface area is 188 Å². The maximum Gasteiger partial charge on any atom is 0.252 e. The van der Waals surface area contributed by atoms with Crippen LogP contribution < -0.4 is 10.6 Å². The summed E-state index contributed by atoms with van der Waals surface area (Å²) in [5.41, 5.74) is 3.65. The van der Waals surface area contributed by atoms with Crippen molar-refractivity contribution < 1.29 is 9.59 Å². The monoisotopic (exact) mass is 437 g/mol. The minimum Gasteiger partial charge on any atom is -0.346 e. The van der Waals surface area contributed by atoms with E-state index in [4.69, 9.17) is 11.6 Å². The molecule has 2 aromatic carbocycles. The lowest BCUT2D eigenvalue weighted by atomic mass is 9.76. The van der Waals surface area contributed by atoms with Gasteiger partial charge in [-0.05, 0) is 68.0 Å². The number of benzene rings is 2. The Morgan fingerprint density at radius 2 is 2.03 bits per heavy atom. The average Bonchev–Trinajstić information content (AvgIpc) is 2.80. The smallest absolute Gasteiger partial charge is 0.252 e. The number of hydrogen-bond acceptors (Lipinski definition) is 3. The summed E-state index contributed by atoms with van der Waals surface area (Å²) in [4.78, 5) is 28.7. The van der Waals surface area contributed by atoms with Gasteiger partial charge in [-0.2, -0.15) is 0 Å². The number of carbonyl (C=O) groups excluding carboxylic acids is 2. The number of halogens is 1. The topological polar surface area (TPSA) is 61.4 Å². The third-order valence-electron chi connectivity index (χ3n) is 7.17. The molecule has 0 unspecified atom stereocenters. The van der Waals surface area contributed by atoms with Crippen molar-refractivity contribution in [2.24, 2.45) is 5.92 Å². The molecule has 2 N–H and O–H groups in total. The fourth-order valence-corrected chi connectivity index (χ4v) is 5.83. The first kappa shape index (κ1) is 20.5. The van der Waals surface area contributed by atoms with E-state index in [1.165, 1.54) is 0 Å². The van der Waals surface area contributed by atoms with Gasteiger partial charge in [0.25, 0.3) is 5.91 Å². The molecule has 2 saturated heterocycles. The van der Waals surface area contributed by atoms with Gasteiger partial charge in [0.2, 0.25) is 5.91 Å². The second-order valence-electron chi connectivity index (χ2n) is 8.94. The number of amides is 2. The van der Waals surface area contributed by atoms with Crippen molar-refractivity contribution in [2.75, 3.05) is 13.1 Å². The first-order chi connectivity index (χ1) is 15.0. The van der Waals surface area contributed by atoms with Crippen molar-refractivity contribution in [3.63, 3.8) is 0 Å². The van der Waals surface area contributed by atoms with Gasteiger partial charge in [0.1, 0.15) is 0 Å². The second kappa shape index (κ2) is 8.29. The van der Waals surface area contributed by atoms with Crippen LogP contribution in [0.15, 0.2) is 42.5 Å². The highest BCUT2D eigenvalue weighted by Crippen LogP contribution is 2.44. The van der Waals surface area contributed by atoms with E-state index in [9.17, 15) is 9.59 Å². The zero-order valence-electron chi connectivity index (χ0n) is 17.7. The van der Waals surface area contributed by atoms with E-state index < -0.39 is 0 Å². The molecule has 3 aliphatic rings. The number of fused-ring (bicyclic) bond motifs is 4. The standard InChI is InChI=1S/C25H28ClN3O2/c1-15(16-6-3-2-4-7-16)28-24(30)19-9-10-20(26)17-11-13-29-22(23(17)19)14-21-18(25(29)31)8-5-12-27-21/h2-4,6-7,9-10,15,18,21-22,27H,5,8,11-14H2,1H3,(H,28,30)/t15-,18+,21+,22-/m1/s1. The molecule has 2 fully saturated rings. The fourth-order valence-electron chi connectivity index (χ4n) is 5.57. The Hall–Kier alpha value is -2.37. The van der Waals surface area contributed by atoms with E-state index in [0.717, 1.165) is 42.5 Å². The van der Waals surface area contributed by atoms with Crippen LogP contribution >= 0.6 is 11.6 Å². The summed E-state index contributed by atoms with van der Waals surface area (Å²) in [6, 6.07) is 13.5. The molecule has 6 heteroatoms. The van der Waals surface area contributed by atoms with Crippen molar-refractivity contribution >= 4 is 23.4 Å². The van der Waals surface area contributed by atoms with E-state index in [1.54, 1.807) is 0 Å². The highest BCUT2D eigenvalue weighted by atomic mass is 35.5. The lowest BCUT2D eigenvalue weighted by Crippen LogP contribution is -2.58. The van der Waals surface area contributed by atoms with Crippen LogP contribution in [0, 0.1) is 5.92 Å². The number of nitrogens with zero attached hydrogens (tertiary/aromatic N) is 1. The normalized spacial score (nSPS) is 25.8. The van der Waals surface area contributed by atoms with Crippen molar-refractivity contribution in [1.82, 2.24) is 15.5 Å². The molecule has 3 aliphatic heterocycles. The third kappa shape index (κ3) is 3.64. The molecular weight excluding hydrogens is 410 g/mol. The van der Waals surface area contributed by atoms with Crippen LogP contribution in [0.2, 0.25) is 5.02 Å². The number of piperidine rings is 2. The van der Waals surface area contributed by atoms with Crippen LogP contribution in [0.4, 0.5) is 0 Å². The third-order valence-corrected chi connectivity index (χ3v) is 7.52. The predicted molar refractivity (Wildman–Crippen MR) is 121 cm³/mol. The van der Waals surface area contributed by atoms with Crippen LogP contribution in [0.1, 0.15) is 65.3 Å². The van der Waals surface area contributed by atoms with E-state index in [-0.39, 0.29) is 35.9 Å². The molecule has 5 nitrogen and oxygen atoms in total. The van der Waals surface area contributed by atoms with Crippen LogP contribution in [0.5, 0.6) is 0 Å². The van der Waals surface area contributed by atoms with Crippen LogP contribution in [-0.2, 0) is 11.2 Å². The zero-order chi connectivity index (χ0) is 21.5. The summed E-state index contributed by atoms with van der Waals surface area (Å²) in [5.74, 6) is 0.168. The van der Waals surface area contributed by atoms with Gasteiger partial charge in [0.15, 0.2) is 0 Å². The highest BCUT2D eigenvalue weighted by molar-refractivity contribution is 6.31. The molecule has 0 aromatic heterocycles. The quantitative estimate of drug-likeness (QED) is 0.762. The molecule has 162 valence electrons.